The monoisotopic (exact) mass is 129 g/mol. The smallest absolute Gasteiger partial charge is 0.0622 e. The third-order valence-corrected chi connectivity index (χ3v) is 1.80. The topological polar surface area (TPSA) is 35.2 Å². The van der Waals surface area contributed by atoms with Crippen LogP contribution >= 0.6 is 0 Å². The largest absolute Gasteiger partial charge is 0.376 e. The van der Waals surface area contributed by atoms with E-state index in [4.69, 9.17) is 10.5 Å². The molecule has 1 fully saturated rings. The molecule has 1 aliphatic rings. The summed E-state index contributed by atoms with van der Waals surface area (Å²) in [6.45, 7) is 5.09. The lowest BCUT2D eigenvalue weighted by molar-refractivity contribution is 0.0749. The molecule has 0 radical (unpaired) electrons. The molecule has 2 nitrogen and oxygen atoms in total. The molecule has 0 saturated carbocycles. The van der Waals surface area contributed by atoms with E-state index in [-0.39, 0.29) is 6.04 Å². The summed E-state index contributed by atoms with van der Waals surface area (Å²) in [5.41, 5.74) is 5.64. The van der Waals surface area contributed by atoms with Crippen LogP contribution in [0.4, 0.5) is 0 Å². The predicted octanol–water partition coefficient (Wildman–Crippen LogP) is 0.759. The number of ether oxygens (including phenoxy) is 1. The zero-order chi connectivity index (χ0) is 6.85. The molecule has 2 heteroatoms. The summed E-state index contributed by atoms with van der Waals surface area (Å²) in [4.78, 5) is 0. The molecule has 0 aromatic carbocycles. The van der Waals surface area contributed by atoms with Crippen LogP contribution in [0.1, 0.15) is 20.3 Å². The minimum absolute atomic E-state index is 0.289. The molecule has 0 unspecified atom stereocenters. The molecule has 54 valence electrons. The first-order valence-corrected chi connectivity index (χ1v) is 3.57. The van der Waals surface area contributed by atoms with Gasteiger partial charge in [0.05, 0.1) is 12.7 Å². The van der Waals surface area contributed by atoms with Gasteiger partial charge >= 0.3 is 0 Å². The summed E-state index contributed by atoms with van der Waals surface area (Å²) in [5, 5.41) is 0. The van der Waals surface area contributed by atoms with Crippen LogP contribution in [-0.4, -0.2) is 18.8 Å². The molecule has 0 spiro atoms. The Hall–Kier alpha value is -0.0800. The Morgan fingerprint density at radius 3 is 2.44 bits per heavy atom. The third-order valence-electron chi connectivity index (χ3n) is 1.80. The number of hydrogen-bond acceptors (Lipinski definition) is 2. The van der Waals surface area contributed by atoms with Crippen molar-refractivity contribution >= 4 is 0 Å². The lowest BCUT2D eigenvalue weighted by Crippen LogP contribution is -2.20. The second-order valence-electron chi connectivity index (χ2n) is 3.11. The van der Waals surface area contributed by atoms with Crippen molar-refractivity contribution in [1.82, 2.24) is 0 Å². The number of nitrogens with two attached hydrogens (primary N) is 1. The fourth-order valence-electron chi connectivity index (χ4n) is 1.15. The molecule has 1 rings (SSSR count). The molecule has 2 N–H and O–H groups in total. The second-order valence-corrected chi connectivity index (χ2v) is 3.11. The van der Waals surface area contributed by atoms with Gasteiger partial charge in [-0.25, -0.2) is 0 Å². The second kappa shape index (κ2) is 2.67. The minimum Gasteiger partial charge on any atom is -0.376 e. The zero-order valence-corrected chi connectivity index (χ0v) is 6.13. The van der Waals surface area contributed by atoms with E-state index in [0.717, 1.165) is 13.0 Å². The summed E-state index contributed by atoms with van der Waals surface area (Å²) < 4.78 is 5.40. The summed E-state index contributed by atoms with van der Waals surface area (Å²) in [5.74, 6) is 0.624. The van der Waals surface area contributed by atoms with Gasteiger partial charge in [0.1, 0.15) is 0 Å². The van der Waals surface area contributed by atoms with Crippen LogP contribution < -0.4 is 5.73 Å². The molecule has 1 heterocycles. The fraction of sp³-hybridized carbons (Fsp3) is 1.00. The van der Waals surface area contributed by atoms with E-state index in [2.05, 4.69) is 13.8 Å². The van der Waals surface area contributed by atoms with Crippen LogP contribution in [0.3, 0.4) is 0 Å². The highest BCUT2D eigenvalue weighted by molar-refractivity contribution is 4.77. The lowest BCUT2D eigenvalue weighted by atomic mass is 10.0. The molecular formula is C7H15NO. The molecule has 0 aliphatic carbocycles. The Kier molecular flexibility index (Phi) is 2.09. The molecule has 0 aromatic rings. The maximum atomic E-state index is 5.64. The van der Waals surface area contributed by atoms with Gasteiger partial charge in [-0.1, -0.05) is 13.8 Å². The van der Waals surface area contributed by atoms with Crippen molar-refractivity contribution in [2.24, 2.45) is 11.7 Å². The summed E-state index contributed by atoms with van der Waals surface area (Å²) >= 11 is 0. The Morgan fingerprint density at radius 2 is 2.22 bits per heavy atom. The third kappa shape index (κ3) is 1.66. The minimum atomic E-state index is 0.289. The zero-order valence-electron chi connectivity index (χ0n) is 6.13. The lowest BCUT2D eigenvalue weighted by Gasteiger charge is -2.11. The van der Waals surface area contributed by atoms with E-state index in [1.165, 1.54) is 0 Å². The number of rotatable bonds is 1. The highest BCUT2D eigenvalue weighted by Gasteiger charge is 2.24. The van der Waals surface area contributed by atoms with Crippen LogP contribution in [-0.2, 0) is 4.74 Å². The van der Waals surface area contributed by atoms with Crippen molar-refractivity contribution in [2.45, 2.75) is 32.4 Å². The first-order valence-electron chi connectivity index (χ1n) is 3.57. The van der Waals surface area contributed by atoms with Gasteiger partial charge < -0.3 is 10.5 Å². The predicted molar refractivity (Wildman–Crippen MR) is 37.2 cm³/mol. The van der Waals surface area contributed by atoms with E-state index < -0.39 is 0 Å². The van der Waals surface area contributed by atoms with Crippen molar-refractivity contribution in [3.8, 4) is 0 Å². The number of hydrogen-bond donors (Lipinski definition) is 1. The van der Waals surface area contributed by atoms with Gasteiger partial charge in [-0.2, -0.15) is 0 Å². The highest BCUT2D eigenvalue weighted by Crippen LogP contribution is 2.18. The van der Waals surface area contributed by atoms with Gasteiger partial charge in [-0.3, -0.25) is 0 Å². The molecular weight excluding hydrogens is 114 g/mol. The first-order chi connectivity index (χ1) is 4.20. The molecule has 9 heavy (non-hydrogen) atoms. The average Bonchev–Trinajstić information content (AvgIpc) is 2.14. The summed E-state index contributed by atoms with van der Waals surface area (Å²) in [6.07, 6.45) is 1.46. The van der Waals surface area contributed by atoms with Crippen molar-refractivity contribution in [3.05, 3.63) is 0 Å². The average molecular weight is 129 g/mol. The normalized spacial score (nSPS) is 36.0. The van der Waals surface area contributed by atoms with Gasteiger partial charge in [0, 0.05) is 6.04 Å². The van der Waals surface area contributed by atoms with Crippen LogP contribution in [0.25, 0.3) is 0 Å². The van der Waals surface area contributed by atoms with Gasteiger partial charge in [-0.15, -0.1) is 0 Å². The summed E-state index contributed by atoms with van der Waals surface area (Å²) in [6, 6.07) is 0.289. The molecule has 0 aromatic heterocycles. The maximum Gasteiger partial charge on any atom is 0.0622 e. The first kappa shape index (κ1) is 7.03. The standard InChI is InChI=1S/C7H15NO/c1-5(2)7-3-6(8)4-9-7/h5-7H,3-4,8H2,1-2H3/t6-,7+/m1/s1. The molecule has 0 amide bonds. The van der Waals surface area contributed by atoms with Crippen LogP contribution in [0.2, 0.25) is 0 Å². The van der Waals surface area contributed by atoms with E-state index in [0.29, 0.717) is 12.0 Å². The fourth-order valence-corrected chi connectivity index (χ4v) is 1.15. The van der Waals surface area contributed by atoms with E-state index in [9.17, 15) is 0 Å². The van der Waals surface area contributed by atoms with Crippen molar-refractivity contribution in [2.75, 3.05) is 6.61 Å². The summed E-state index contributed by atoms with van der Waals surface area (Å²) in [7, 11) is 0. The van der Waals surface area contributed by atoms with Crippen LogP contribution in [0, 0.1) is 5.92 Å². The van der Waals surface area contributed by atoms with Crippen molar-refractivity contribution < 1.29 is 4.74 Å². The van der Waals surface area contributed by atoms with Gasteiger partial charge in [0.15, 0.2) is 0 Å². The molecule has 1 saturated heterocycles. The molecule has 0 bridgehead atoms. The molecule has 2 atom stereocenters. The Balaban J connectivity index is 2.30. The Bertz CT molecular complexity index is 92.9. The Labute approximate surface area is 56.4 Å². The highest BCUT2D eigenvalue weighted by atomic mass is 16.5. The SMILES string of the molecule is CC(C)[C@@H]1C[C@@H](N)CO1. The van der Waals surface area contributed by atoms with E-state index in [1.54, 1.807) is 0 Å². The van der Waals surface area contributed by atoms with Crippen LogP contribution in [0.15, 0.2) is 0 Å². The van der Waals surface area contributed by atoms with Crippen LogP contribution in [0.5, 0.6) is 0 Å². The van der Waals surface area contributed by atoms with Gasteiger partial charge in [0.25, 0.3) is 0 Å². The maximum absolute atomic E-state index is 5.64. The van der Waals surface area contributed by atoms with Gasteiger partial charge in [0.2, 0.25) is 0 Å². The quantitative estimate of drug-likeness (QED) is 0.567. The van der Waals surface area contributed by atoms with E-state index >= 15 is 0 Å². The van der Waals surface area contributed by atoms with Crippen molar-refractivity contribution in [1.29, 1.82) is 0 Å². The van der Waals surface area contributed by atoms with E-state index in [1.807, 2.05) is 0 Å². The molecule has 1 aliphatic heterocycles. The van der Waals surface area contributed by atoms with Crippen molar-refractivity contribution in [3.63, 3.8) is 0 Å². The van der Waals surface area contributed by atoms with Gasteiger partial charge in [-0.05, 0) is 12.3 Å². The Morgan fingerprint density at radius 1 is 1.56 bits per heavy atom.